The summed E-state index contributed by atoms with van der Waals surface area (Å²) >= 11 is 0. The van der Waals surface area contributed by atoms with E-state index in [0.29, 0.717) is 25.1 Å². The topological polar surface area (TPSA) is 83.1 Å². The van der Waals surface area contributed by atoms with Crippen LogP contribution >= 0.6 is 0 Å². The molecule has 0 aliphatic carbocycles. The summed E-state index contributed by atoms with van der Waals surface area (Å²) in [5, 5.41) is 6.33. The van der Waals surface area contributed by atoms with Gasteiger partial charge in [0.25, 0.3) is 5.56 Å². The molecular formula is C21H23N3O3S. The lowest BCUT2D eigenvalue weighted by atomic mass is 10.1. The number of benzene rings is 2. The van der Waals surface area contributed by atoms with Crippen molar-refractivity contribution in [1.29, 1.82) is 0 Å². The maximum atomic E-state index is 13.0. The van der Waals surface area contributed by atoms with Crippen LogP contribution in [0.5, 0.6) is 0 Å². The van der Waals surface area contributed by atoms with Gasteiger partial charge in [0.2, 0.25) is 10.0 Å². The van der Waals surface area contributed by atoms with Crippen molar-refractivity contribution in [2.24, 2.45) is 0 Å². The molecule has 1 aromatic heterocycles. The first kappa shape index (κ1) is 20.0. The third kappa shape index (κ3) is 4.55. The van der Waals surface area contributed by atoms with Crippen LogP contribution in [0.25, 0.3) is 0 Å². The van der Waals surface area contributed by atoms with E-state index < -0.39 is 10.0 Å². The molecular weight excluding hydrogens is 374 g/mol. The molecule has 0 radical (unpaired) electrons. The van der Waals surface area contributed by atoms with Crippen molar-refractivity contribution < 1.29 is 8.42 Å². The van der Waals surface area contributed by atoms with Crippen molar-refractivity contribution in [2.45, 2.75) is 31.7 Å². The largest absolute Gasteiger partial charge is 0.268 e. The van der Waals surface area contributed by atoms with Gasteiger partial charge in [-0.1, -0.05) is 49.4 Å². The fourth-order valence-corrected chi connectivity index (χ4v) is 4.43. The highest BCUT2D eigenvalue weighted by molar-refractivity contribution is 7.89. The molecule has 3 rings (SSSR count). The van der Waals surface area contributed by atoms with E-state index in [1.54, 1.807) is 37.3 Å². The summed E-state index contributed by atoms with van der Waals surface area (Å²) < 4.78 is 27.5. The second-order valence-electron chi connectivity index (χ2n) is 6.60. The monoisotopic (exact) mass is 397 g/mol. The average Bonchev–Trinajstić information content (AvgIpc) is 2.70. The molecule has 1 heterocycles. The van der Waals surface area contributed by atoms with Gasteiger partial charge in [-0.2, -0.15) is 9.40 Å². The Balaban J connectivity index is 1.80. The number of aryl methyl sites for hydroxylation is 1. The fourth-order valence-electron chi connectivity index (χ4n) is 2.99. The number of nitrogens with one attached hydrogen (secondary N) is 1. The van der Waals surface area contributed by atoms with Crippen LogP contribution in [0.4, 0.5) is 0 Å². The van der Waals surface area contributed by atoms with Crippen LogP contribution in [-0.2, 0) is 23.0 Å². The van der Waals surface area contributed by atoms with Crippen molar-refractivity contribution in [3.05, 3.63) is 93.4 Å². The smallest absolute Gasteiger partial charge is 0.267 e. The van der Waals surface area contributed by atoms with Crippen LogP contribution in [-0.4, -0.2) is 29.5 Å². The molecule has 0 saturated heterocycles. The maximum absolute atomic E-state index is 13.0. The maximum Gasteiger partial charge on any atom is 0.267 e. The van der Waals surface area contributed by atoms with E-state index in [9.17, 15) is 13.2 Å². The Morgan fingerprint density at radius 3 is 2.32 bits per heavy atom. The molecule has 2 aromatic carbocycles. The first-order valence-corrected chi connectivity index (χ1v) is 10.5. The zero-order chi connectivity index (χ0) is 20.1. The van der Waals surface area contributed by atoms with E-state index in [-0.39, 0.29) is 10.5 Å². The van der Waals surface area contributed by atoms with Crippen LogP contribution in [0.2, 0.25) is 0 Å². The molecule has 28 heavy (non-hydrogen) atoms. The van der Waals surface area contributed by atoms with Gasteiger partial charge in [0.05, 0.1) is 10.6 Å². The third-order valence-corrected chi connectivity index (χ3v) is 6.45. The number of nitrogens with zero attached hydrogens (tertiary/aromatic N) is 2. The van der Waals surface area contributed by atoms with Crippen molar-refractivity contribution in [2.75, 3.05) is 6.54 Å². The minimum atomic E-state index is -3.60. The van der Waals surface area contributed by atoms with E-state index in [1.165, 1.54) is 4.31 Å². The molecule has 0 spiro atoms. The molecule has 146 valence electrons. The van der Waals surface area contributed by atoms with E-state index in [0.717, 1.165) is 16.8 Å². The predicted octanol–water partition coefficient (Wildman–Crippen LogP) is 2.88. The van der Waals surface area contributed by atoms with Gasteiger partial charge in [0, 0.05) is 25.1 Å². The molecule has 1 N–H and O–H groups in total. The zero-order valence-corrected chi connectivity index (χ0v) is 16.7. The first-order chi connectivity index (χ1) is 13.4. The highest BCUT2D eigenvalue weighted by Gasteiger charge is 2.23. The lowest BCUT2D eigenvalue weighted by molar-refractivity contribution is 0.423. The quantitative estimate of drug-likeness (QED) is 0.664. The van der Waals surface area contributed by atoms with Gasteiger partial charge in [-0.3, -0.25) is 4.79 Å². The standard InChI is InChI=1S/C21H23N3O3S/c1-3-24(15-18-7-5-4-6-8-18)28(26,27)20-11-9-17(10-12-20)14-19-13-16(2)22-23-21(19)25/h4-13H,3,14-15H2,1-2H3,(H,23,25). The molecule has 0 saturated carbocycles. The van der Waals surface area contributed by atoms with Crippen LogP contribution < -0.4 is 5.56 Å². The summed E-state index contributed by atoms with van der Waals surface area (Å²) in [6.45, 7) is 4.34. The second kappa shape index (κ2) is 8.50. The Hall–Kier alpha value is -2.77. The third-order valence-electron chi connectivity index (χ3n) is 4.52. The molecule has 0 aliphatic heterocycles. The predicted molar refractivity (Wildman–Crippen MR) is 109 cm³/mol. The Morgan fingerprint density at radius 2 is 1.68 bits per heavy atom. The summed E-state index contributed by atoms with van der Waals surface area (Å²) in [5.41, 5.74) is 2.90. The molecule has 0 amide bonds. The van der Waals surface area contributed by atoms with E-state index in [4.69, 9.17) is 0 Å². The molecule has 0 bridgehead atoms. The van der Waals surface area contributed by atoms with E-state index >= 15 is 0 Å². The number of H-pyrrole nitrogens is 1. The Labute approximate surface area is 164 Å². The summed E-state index contributed by atoms with van der Waals surface area (Å²) in [5.74, 6) is 0. The van der Waals surface area contributed by atoms with E-state index in [1.807, 2.05) is 37.3 Å². The number of hydrogen-bond acceptors (Lipinski definition) is 4. The van der Waals surface area contributed by atoms with Gasteiger partial charge in [0.1, 0.15) is 0 Å². The lowest BCUT2D eigenvalue weighted by Crippen LogP contribution is -2.30. The summed E-state index contributed by atoms with van der Waals surface area (Å²) in [6, 6.07) is 18.0. The number of rotatable bonds is 7. The summed E-state index contributed by atoms with van der Waals surface area (Å²) in [4.78, 5) is 12.1. The number of aromatic nitrogens is 2. The Morgan fingerprint density at radius 1 is 1.00 bits per heavy atom. The highest BCUT2D eigenvalue weighted by atomic mass is 32.2. The molecule has 0 atom stereocenters. The van der Waals surface area contributed by atoms with Gasteiger partial charge < -0.3 is 0 Å². The van der Waals surface area contributed by atoms with Crippen molar-refractivity contribution >= 4 is 10.0 Å². The second-order valence-corrected chi connectivity index (χ2v) is 8.54. The van der Waals surface area contributed by atoms with Gasteiger partial charge in [-0.15, -0.1) is 0 Å². The van der Waals surface area contributed by atoms with Crippen molar-refractivity contribution in [3.63, 3.8) is 0 Å². The normalized spacial score (nSPS) is 11.7. The van der Waals surface area contributed by atoms with Gasteiger partial charge in [0.15, 0.2) is 0 Å². The number of hydrogen-bond donors (Lipinski definition) is 1. The zero-order valence-electron chi connectivity index (χ0n) is 15.9. The fraction of sp³-hybridized carbons (Fsp3) is 0.238. The molecule has 0 aliphatic rings. The van der Waals surface area contributed by atoms with Gasteiger partial charge in [-0.05, 0) is 36.2 Å². The molecule has 3 aromatic rings. The summed E-state index contributed by atoms with van der Waals surface area (Å²) in [7, 11) is -3.60. The molecule has 6 nitrogen and oxygen atoms in total. The van der Waals surface area contributed by atoms with Crippen LogP contribution in [0.1, 0.15) is 29.3 Å². The van der Waals surface area contributed by atoms with E-state index in [2.05, 4.69) is 10.2 Å². The Kier molecular flexibility index (Phi) is 6.06. The highest BCUT2D eigenvalue weighted by Crippen LogP contribution is 2.19. The lowest BCUT2D eigenvalue weighted by Gasteiger charge is -2.20. The number of aromatic amines is 1. The SMILES string of the molecule is CCN(Cc1ccccc1)S(=O)(=O)c1ccc(Cc2cc(C)n[nH]c2=O)cc1. The molecule has 0 unspecified atom stereocenters. The van der Waals surface area contributed by atoms with Crippen LogP contribution in [0.3, 0.4) is 0 Å². The first-order valence-electron chi connectivity index (χ1n) is 9.08. The van der Waals surface area contributed by atoms with Gasteiger partial charge in [-0.25, -0.2) is 13.5 Å². The number of sulfonamides is 1. The Bertz CT molecular complexity index is 1090. The molecule has 0 fully saturated rings. The minimum Gasteiger partial charge on any atom is -0.268 e. The molecule has 7 heteroatoms. The van der Waals surface area contributed by atoms with Gasteiger partial charge >= 0.3 is 0 Å². The summed E-state index contributed by atoms with van der Waals surface area (Å²) in [6.07, 6.45) is 0.417. The van der Waals surface area contributed by atoms with Crippen LogP contribution in [0, 0.1) is 6.92 Å². The van der Waals surface area contributed by atoms with Crippen molar-refractivity contribution in [3.8, 4) is 0 Å². The average molecular weight is 398 g/mol. The minimum absolute atomic E-state index is 0.234. The van der Waals surface area contributed by atoms with Crippen molar-refractivity contribution in [1.82, 2.24) is 14.5 Å². The van der Waals surface area contributed by atoms with Crippen LogP contribution in [0.15, 0.2) is 70.4 Å².